The number of aromatic carboxylic acids is 1. The van der Waals surface area contributed by atoms with Gasteiger partial charge in [0.05, 0.1) is 24.6 Å². The second-order valence-corrected chi connectivity index (χ2v) is 5.87. The lowest BCUT2D eigenvalue weighted by molar-refractivity contribution is 0.0698. The van der Waals surface area contributed by atoms with Crippen LogP contribution in [-0.4, -0.2) is 24.4 Å². The van der Waals surface area contributed by atoms with Gasteiger partial charge < -0.3 is 14.6 Å². The molecule has 0 amide bonds. The van der Waals surface area contributed by atoms with Gasteiger partial charge in [-0.1, -0.05) is 48.5 Å². The number of rotatable bonds is 8. The number of anilines is 1. The van der Waals surface area contributed by atoms with Crippen LogP contribution in [0, 0.1) is 0 Å². The Morgan fingerprint density at radius 2 is 1.79 bits per heavy atom. The maximum absolute atomic E-state index is 11.3. The molecule has 0 saturated heterocycles. The third kappa shape index (κ3) is 4.67. The standard InChI is InChI=1S/C22H20N2O4/c1-27-20-13-7-10-17(21(20)28-15-16-8-3-2-4-9-16)14-23-24-19-12-6-5-11-18(19)22(25)26/h2-14,24H,15H2,1H3,(H,25,26)/b23-14-. The summed E-state index contributed by atoms with van der Waals surface area (Å²) in [6.45, 7) is 0.386. The van der Waals surface area contributed by atoms with Gasteiger partial charge in [-0.05, 0) is 29.8 Å². The molecule has 2 N–H and O–H groups in total. The summed E-state index contributed by atoms with van der Waals surface area (Å²) < 4.78 is 11.4. The lowest BCUT2D eigenvalue weighted by Gasteiger charge is -2.13. The molecule has 0 unspecified atom stereocenters. The van der Waals surface area contributed by atoms with Crippen molar-refractivity contribution in [3.8, 4) is 11.5 Å². The molecule has 0 bridgehead atoms. The monoisotopic (exact) mass is 376 g/mol. The minimum atomic E-state index is -1.02. The van der Waals surface area contributed by atoms with Crippen LogP contribution in [0.1, 0.15) is 21.5 Å². The van der Waals surface area contributed by atoms with E-state index in [1.54, 1.807) is 31.5 Å². The second kappa shape index (κ2) is 9.23. The predicted octanol–water partition coefficient (Wildman–Crippen LogP) is 4.42. The maximum Gasteiger partial charge on any atom is 0.337 e. The zero-order valence-corrected chi connectivity index (χ0v) is 15.3. The Morgan fingerprint density at radius 3 is 2.54 bits per heavy atom. The maximum atomic E-state index is 11.3. The molecular weight excluding hydrogens is 356 g/mol. The van der Waals surface area contributed by atoms with Crippen molar-refractivity contribution in [3.05, 3.63) is 89.5 Å². The number of carbonyl (C=O) groups is 1. The average Bonchev–Trinajstić information content (AvgIpc) is 2.73. The van der Waals surface area contributed by atoms with E-state index < -0.39 is 5.97 Å². The van der Waals surface area contributed by atoms with Crippen LogP contribution in [0.25, 0.3) is 0 Å². The SMILES string of the molecule is COc1cccc(/C=N\Nc2ccccc2C(=O)O)c1OCc1ccccc1. The van der Waals surface area contributed by atoms with Gasteiger partial charge in [0.2, 0.25) is 0 Å². The number of hydrogen-bond donors (Lipinski definition) is 2. The molecule has 0 aliphatic rings. The molecule has 0 saturated carbocycles. The van der Waals surface area contributed by atoms with E-state index in [2.05, 4.69) is 10.5 Å². The van der Waals surface area contributed by atoms with Crippen molar-refractivity contribution >= 4 is 17.9 Å². The Labute approximate surface area is 163 Å². The summed E-state index contributed by atoms with van der Waals surface area (Å²) in [4.78, 5) is 11.3. The minimum Gasteiger partial charge on any atom is -0.493 e. The number of carboxylic acid groups (broad SMARTS) is 1. The van der Waals surface area contributed by atoms with Crippen LogP contribution in [-0.2, 0) is 6.61 Å². The molecule has 0 fully saturated rings. The number of nitrogens with zero attached hydrogens (tertiary/aromatic N) is 1. The van der Waals surface area contributed by atoms with Crippen LogP contribution in [0.4, 0.5) is 5.69 Å². The summed E-state index contributed by atoms with van der Waals surface area (Å²) >= 11 is 0. The molecule has 6 heteroatoms. The van der Waals surface area contributed by atoms with Gasteiger partial charge in [0, 0.05) is 5.56 Å². The normalized spacial score (nSPS) is 10.6. The van der Waals surface area contributed by atoms with Crippen molar-refractivity contribution in [2.75, 3.05) is 12.5 Å². The van der Waals surface area contributed by atoms with E-state index in [-0.39, 0.29) is 5.56 Å². The molecule has 0 spiro atoms. The van der Waals surface area contributed by atoms with Gasteiger partial charge in [-0.25, -0.2) is 4.79 Å². The highest BCUT2D eigenvalue weighted by molar-refractivity contribution is 5.94. The predicted molar refractivity (Wildman–Crippen MR) is 108 cm³/mol. The molecule has 142 valence electrons. The third-order valence-electron chi connectivity index (χ3n) is 4.00. The number of benzene rings is 3. The van der Waals surface area contributed by atoms with E-state index in [4.69, 9.17) is 9.47 Å². The van der Waals surface area contributed by atoms with Gasteiger partial charge in [0.25, 0.3) is 0 Å². The van der Waals surface area contributed by atoms with Crippen molar-refractivity contribution in [1.82, 2.24) is 0 Å². The Hall–Kier alpha value is -3.80. The quantitative estimate of drug-likeness (QED) is 0.449. The van der Waals surface area contributed by atoms with Gasteiger partial charge in [-0.15, -0.1) is 0 Å². The van der Waals surface area contributed by atoms with E-state index in [9.17, 15) is 9.90 Å². The Balaban J connectivity index is 1.80. The van der Waals surface area contributed by atoms with Crippen LogP contribution >= 0.6 is 0 Å². The van der Waals surface area contributed by atoms with Crippen LogP contribution in [0.5, 0.6) is 11.5 Å². The topological polar surface area (TPSA) is 80.2 Å². The van der Waals surface area contributed by atoms with E-state index in [1.807, 2.05) is 48.5 Å². The second-order valence-electron chi connectivity index (χ2n) is 5.87. The molecule has 3 rings (SSSR count). The molecule has 0 radical (unpaired) electrons. The highest BCUT2D eigenvalue weighted by Crippen LogP contribution is 2.31. The summed E-state index contributed by atoms with van der Waals surface area (Å²) in [5, 5.41) is 13.4. The number of methoxy groups -OCH3 is 1. The van der Waals surface area contributed by atoms with Crippen LogP contribution in [0.3, 0.4) is 0 Å². The molecule has 0 aliphatic heterocycles. The molecule has 28 heavy (non-hydrogen) atoms. The first-order chi connectivity index (χ1) is 13.7. The zero-order chi connectivity index (χ0) is 19.8. The van der Waals surface area contributed by atoms with Gasteiger partial charge >= 0.3 is 5.97 Å². The summed E-state index contributed by atoms with van der Waals surface area (Å²) in [6, 6.07) is 21.9. The Bertz CT molecular complexity index is 971. The van der Waals surface area contributed by atoms with Gasteiger partial charge in [0.1, 0.15) is 6.61 Å². The van der Waals surface area contributed by atoms with Crippen molar-refractivity contribution < 1.29 is 19.4 Å². The molecule has 6 nitrogen and oxygen atoms in total. The van der Waals surface area contributed by atoms with Crippen LogP contribution < -0.4 is 14.9 Å². The average molecular weight is 376 g/mol. The Kier molecular flexibility index (Phi) is 6.25. The van der Waals surface area contributed by atoms with E-state index in [1.165, 1.54) is 6.07 Å². The van der Waals surface area contributed by atoms with Crippen molar-refractivity contribution in [1.29, 1.82) is 0 Å². The van der Waals surface area contributed by atoms with Crippen LogP contribution in [0.15, 0.2) is 77.9 Å². The van der Waals surface area contributed by atoms with Gasteiger partial charge in [0.15, 0.2) is 11.5 Å². The molecule has 3 aromatic carbocycles. The molecular formula is C22H20N2O4. The fourth-order valence-corrected chi connectivity index (χ4v) is 2.62. The zero-order valence-electron chi connectivity index (χ0n) is 15.3. The number of ether oxygens (including phenoxy) is 2. The van der Waals surface area contributed by atoms with Crippen molar-refractivity contribution in [2.24, 2.45) is 5.10 Å². The smallest absolute Gasteiger partial charge is 0.337 e. The number of para-hydroxylation sites is 2. The Morgan fingerprint density at radius 1 is 1.04 bits per heavy atom. The van der Waals surface area contributed by atoms with E-state index >= 15 is 0 Å². The number of carboxylic acids is 1. The number of hydrazone groups is 1. The molecule has 0 heterocycles. The van der Waals surface area contributed by atoms with Gasteiger partial charge in [-0.2, -0.15) is 5.10 Å². The number of nitrogens with one attached hydrogen (secondary N) is 1. The lowest BCUT2D eigenvalue weighted by Crippen LogP contribution is -2.03. The molecule has 0 atom stereocenters. The first-order valence-electron chi connectivity index (χ1n) is 8.64. The summed E-state index contributed by atoms with van der Waals surface area (Å²) in [7, 11) is 1.58. The highest BCUT2D eigenvalue weighted by atomic mass is 16.5. The summed E-state index contributed by atoms with van der Waals surface area (Å²) in [5.74, 6) is 0.128. The van der Waals surface area contributed by atoms with E-state index in [0.29, 0.717) is 29.4 Å². The summed E-state index contributed by atoms with van der Waals surface area (Å²) in [5.41, 5.74) is 5.06. The van der Waals surface area contributed by atoms with Crippen LogP contribution in [0.2, 0.25) is 0 Å². The minimum absolute atomic E-state index is 0.144. The van der Waals surface area contributed by atoms with Crippen molar-refractivity contribution in [3.63, 3.8) is 0 Å². The first-order valence-corrected chi connectivity index (χ1v) is 8.64. The molecule has 3 aromatic rings. The fraction of sp³-hybridized carbons (Fsp3) is 0.0909. The van der Waals surface area contributed by atoms with Gasteiger partial charge in [-0.3, -0.25) is 5.43 Å². The number of hydrogen-bond acceptors (Lipinski definition) is 5. The third-order valence-corrected chi connectivity index (χ3v) is 4.00. The summed E-state index contributed by atoms with van der Waals surface area (Å²) in [6.07, 6.45) is 1.57. The fourth-order valence-electron chi connectivity index (χ4n) is 2.62. The largest absolute Gasteiger partial charge is 0.493 e. The van der Waals surface area contributed by atoms with Crippen molar-refractivity contribution in [2.45, 2.75) is 6.61 Å². The lowest BCUT2D eigenvalue weighted by atomic mass is 10.2. The first kappa shape index (κ1) is 19.0. The van der Waals surface area contributed by atoms with E-state index in [0.717, 1.165) is 5.56 Å². The highest BCUT2D eigenvalue weighted by Gasteiger charge is 2.11. The molecule has 0 aliphatic carbocycles. The molecule has 0 aromatic heterocycles.